The van der Waals surface area contributed by atoms with Crippen LogP contribution in [0.25, 0.3) is 0 Å². The Kier molecular flexibility index (Phi) is 7.26. The van der Waals surface area contributed by atoms with E-state index < -0.39 is 0 Å². The second-order valence-corrected chi connectivity index (χ2v) is 5.98. The molecule has 0 radical (unpaired) electrons. The van der Waals surface area contributed by atoms with Gasteiger partial charge in [0.05, 0.1) is 6.61 Å². The first-order valence-corrected chi connectivity index (χ1v) is 9.03. The van der Waals surface area contributed by atoms with E-state index in [4.69, 9.17) is 9.47 Å². The van der Waals surface area contributed by atoms with Gasteiger partial charge in [0.2, 0.25) is 0 Å². The van der Waals surface area contributed by atoms with Crippen LogP contribution in [0.1, 0.15) is 17.2 Å². The minimum Gasteiger partial charge on any atom is -0.492 e. The minimum absolute atomic E-state index is 0.0419. The van der Waals surface area contributed by atoms with Crippen LogP contribution in [0.5, 0.6) is 5.75 Å². The Morgan fingerprint density at radius 1 is 0.615 bits per heavy atom. The van der Waals surface area contributed by atoms with Crippen molar-refractivity contribution >= 4 is 0 Å². The first kappa shape index (κ1) is 18.2. The topological polar surface area (TPSA) is 30.5 Å². The largest absolute Gasteiger partial charge is 0.492 e. The minimum atomic E-state index is -0.0419. The zero-order chi connectivity index (χ0) is 17.9. The van der Waals surface area contributed by atoms with Gasteiger partial charge in [0.1, 0.15) is 18.5 Å². The summed E-state index contributed by atoms with van der Waals surface area (Å²) in [6, 6.07) is 30.6. The molecular formula is C23H25NO2. The van der Waals surface area contributed by atoms with Crippen molar-refractivity contribution in [2.75, 3.05) is 26.3 Å². The predicted octanol–water partition coefficient (Wildman–Crippen LogP) is 4.46. The van der Waals surface area contributed by atoms with Gasteiger partial charge in [-0.15, -0.1) is 0 Å². The molecule has 3 rings (SSSR count). The summed E-state index contributed by atoms with van der Waals surface area (Å²) in [7, 11) is 0. The molecule has 134 valence electrons. The number of rotatable bonds is 10. The quantitative estimate of drug-likeness (QED) is 0.549. The lowest BCUT2D eigenvalue weighted by Gasteiger charge is -2.19. The molecule has 3 nitrogen and oxygen atoms in total. The van der Waals surface area contributed by atoms with Gasteiger partial charge in [0, 0.05) is 13.1 Å². The van der Waals surface area contributed by atoms with Gasteiger partial charge < -0.3 is 14.8 Å². The van der Waals surface area contributed by atoms with E-state index >= 15 is 0 Å². The maximum Gasteiger partial charge on any atom is 0.119 e. The van der Waals surface area contributed by atoms with Gasteiger partial charge in [-0.05, 0) is 23.3 Å². The molecule has 0 fully saturated rings. The van der Waals surface area contributed by atoms with Crippen LogP contribution in [0.15, 0.2) is 91.0 Å². The predicted molar refractivity (Wildman–Crippen MR) is 105 cm³/mol. The van der Waals surface area contributed by atoms with Gasteiger partial charge in [-0.2, -0.15) is 0 Å². The maximum absolute atomic E-state index is 6.18. The van der Waals surface area contributed by atoms with Crippen LogP contribution in [-0.4, -0.2) is 26.3 Å². The highest BCUT2D eigenvalue weighted by molar-refractivity contribution is 5.29. The number of hydrogen-bond donors (Lipinski definition) is 1. The van der Waals surface area contributed by atoms with E-state index in [9.17, 15) is 0 Å². The molecule has 0 aliphatic heterocycles. The fourth-order valence-electron chi connectivity index (χ4n) is 2.77. The molecule has 26 heavy (non-hydrogen) atoms. The third-order valence-electron chi connectivity index (χ3n) is 4.06. The molecule has 0 aliphatic carbocycles. The molecular weight excluding hydrogens is 322 g/mol. The lowest BCUT2D eigenvalue weighted by Crippen LogP contribution is -2.25. The van der Waals surface area contributed by atoms with Crippen molar-refractivity contribution in [1.29, 1.82) is 0 Å². The van der Waals surface area contributed by atoms with Crippen LogP contribution < -0.4 is 10.1 Å². The lowest BCUT2D eigenvalue weighted by atomic mass is 10.0. The zero-order valence-corrected chi connectivity index (χ0v) is 14.9. The van der Waals surface area contributed by atoms with E-state index in [-0.39, 0.29) is 6.10 Å². The molecule has 0 bridgehead atoms. The van der Waals surface area contributed by atoms with E-state index in [1.54, 1.807) is 0 Å². The summed E-state index contributed by atoms with van der Waals surface area (Å²) < 4.78 is 11.8. The Balaban J connectivity index is 1.42. The van der Waals surface area contributed by atoms with Crippen LogP contribution in [-0.2, 0) is 4.74 Å². The summed E-state index contributed by atoms with van der Waals surface area (Å²) in [5, 5.41) is 3.36. The van der Waals surface area contributed by atoms with Gasteiger partial charge in [-0.1, -0.05) is 78.9 Å². The highest BCUT2D eigenvalue weighted by atomic mass is 16.5. The van der Waals surface area contributed by atoms with Gasteiger partial charge in [-0.3, -0.25) is 0 Å². The monoisotopic (exact) mass is 347 g/mol. The summed E-state index contributed by atoms with van der Waals surface area (Å²) in [4.78, 5) is 0. The number of ether oxygens (including phenoxy) is 2. The van der Waals surface area contributed by atoms with E-state index in [2.05, 4.69) is 29.6 Å². The molecule has 0 heterocycles. The van der Waals surface area contributed by atoms with Gasteiger partial charge in [0.15, 0.2) is 0 Å². The van der Waals surface area contributed by atoms with Gasteiger partial charge in [-0.25, -0.2) is 0 Å². The molecule has 0 aliphatic rings. The normalized spacial score (nSPS) is 10.8. The summed E-state index contributed by atoms with van der Waals surface area (Å²) >= 11 is 0. The summed E-state index contributed by atoms with van der Waals surface area (Å²) in [5.74, 6) is 0.902. The molecule has 0 atom stereocenters. The van der Waals surface area contributed by atoms with Crippen molar-refractivity contribution in [1.82, 2.24) is 5.32 Å². The molecule has 0 spiro atoms. The van der Waals surface area contributed by atoms with E-state index in [1.807, 2.05) is 66.7 Å². The van der Waals surface area contributed by atoms with E-state index in [0.29, 0.717) is 13.2 Å². The Hall–Kier alpha value is -2.62. The van der Waals surface area contributed by atoms with Crippen LogP contribution in [0.4, 0.5) is 0 Å². The SMILES string of the molecule is c1ccc(OCCNCCOC(c2ccccc2)c2ccccc2)cc1. The standard InChI is InChI=1S/C23H25NO2/c1-4-10-20(11-5-1)23(21-12-6-2-7-13-21)26-19-17-24-16-18-25-22-14-8-3-9-15-22/h1-15,23-24H,16-19H2. The van der Waals surface area contributed by atoms with Crippen LogP contribution in [0.3, 0.4) is 0 Å². The highest BCUT2D eigenvalue weighted by Crippen LogP contribution is 2.25. The van der Waals surface area contributed by atoms with Crippen molar-refractivity contribution in [3.05, 3.63) is 102 Å². The molecule has 0 unspecified atom stereocenters. The molecule has 3 heteroatoms. The van der Waals surface area contributed by atoms with Crippen molar-refractivity contribution in [3.63, 3.8) is 0 Å². The van der Waals surface area contributed by atoms with Crippen LogP contribution in [0.2, 0.25) is 0 Å². The fraction of sp³-hybridized carbons (Fsp3) is 0.217. The molecule has 3 aromatic carbocycles. The lowest BCUT2D eigenvalue weighted by molar-refractivity contribution is 0.0816. The summed E-state index contributed by atoms with van der Waals surface area (Å²) in [5.41, 5.74) is 2.34. The van der Waals surface area contributed by atoms with E-state index in [1.165, 1.54) is 11.1 Å². The number of benzene rings is 3. The third-order valence-corrected chi connectivity index (χ3v) is 4.06. The maximum atomic E-state index is 6.18. The van der Waals surface area contributed by atoms with Gasteiger partial charge >= 0.3 is 0 Å². The summed E-state index contributed by atoms with van der Waals surface area (Å²) in [6.45, 7) is 2.86. The highest BCUT2D eigenvalue weighted by Gasteiger charge is 2.13. The fourth-order valence-corrected chi connectivity index (χ4v) is 2.77. The van der Waals surface area contributed by atoms with Crippen LogP contribution >= 0.6 is 0 Å². The molecule has 0 saturated heterocycles. The Morgan fingerprint density at radius 3 is 1.69 bits per heavy atom. The average molecular weight is 347 g/mol. The molecule has 0 saturated carbocycles. The third kappa shape index (κ3) is 5.73. The second-order valence-electron chi connectivity index (χ2n) is 5.98. The van der Waals surface area contributed by atoms with Crippen molar-refractivity contribution < 1.29 is 9.47 Å². The second kappa shape index (κ2) is 10.4. The Morgan fingerprint density at radius 2 is 1.12 bits per heavy atom. The van der Waals surface area contributed by atoms with Crippen molar-refractivity contribution in [2.45, 2.75) is 6.10 Å². The Bertz CT molecular complexity index is 692. The Labute approximate surface area is 155 Å². The van der Waals surface area contributed by atoms with Crippen molar-refractivity contribution in [3.8, 4) is 5.75 Å². The molecule has 0 aromatic heterocycles. The molecule has 3 aromatic rings. The van der Waals surface area contributed by atoms with Crippen molar-refractivity contribution in [2.24, 2.45) is 0 Å². The molecule has 1 N–H and O–H groups in total. The average Bonchev–Trinajstić information content (AvgIpc) is 2.72. The zero-order valence-electron chi connectivity index (χ0n) is 14.9. The summed E-state index contributed by atoms with van der Waals surface area (Å²) in [6.07, 6.45) is -0.0419. The van der Waals surface area contributed by atoms with Crippen LogP contribution in [0, 0.1) is 0 Å². The van der Waals surface area contributed by atoms with E-state index in [0.717, 1.165) is 18.8 Å². The first-order valence-electron chi connectivity index (χ1n) is 9.03. The number of para-hydroxylation sites is 1. The smallest absolute Gasteiger partial charge is 0.119 e. The number of nitrogens with one attached hydrogen (secondary N) is 1. The first-order chi connectivity index (χ1) is 12.9. The van der Waals surface area contributed by atoms with Gasteiger partial charge in [0.25, 0.3) is 0 Å². The molecule has 0 amide bonds. The number of hydrogen-bond acceptors (Lipinski definition) is 3.